The topological polar surface area (TPSA) is 55.1 Å². The summed E-state index contributed by atoms with van der Waals surface area (Å²) < 4.78 is 2.32. The molecule has 0 bridgehead atoms. The first-order valence-corrected chi connectivity index (χ1v) is 6.33. The number of aryl methyl sites for hydroxylation is 2. The summed E-state index contributed by atoms with van der Waals surface area (Å²) in [5.74, 6) is -1.04. The predicted molar refractivity (Wildman–Crippen MR) is 72.7 cm³/mol. The molecule has 0 aliphatic rings. The van der Waals surface area contributed by atoms with Crippen molar-refractivity contribution >= 4 is 33.5 Å². The standard InChI is InChI=1S/C12H10BrClN2O2/c1-6-3-8(13)10(4-9(6)14)16-5-7(2)11(15-16)12(17)18/h3-5H,1-2H3,(H,17,18). The first-order chi connectivity index (χ1) is 8.40. The molecule has 0 amide bonds. The maximum absolute atomic E-state index is 11.0. The quantitative estimate of drug-likeness (QED) is 0.916. The molecule has 0 fully saturated rings. The van der Waals surface area contributed by atoms with E-state index in [1.165, 1.54) is 4.68 Å². The summed E-state index contributed by atoms with van der Waals surface area (Å²) in [4.78, 5) is 11.0. The van der Waals surface area contributed by atoms with Crippen molar-refractivity contribution in [3.05, 3.63) is 44.6 Å². The van der Waals surface area contributed by atoms with E-state index in [0.29, 0.717) is 16.3 Å². The summed E-state index contributed by atoms with van der Waals surface area (Å²) in [6.45, 7) is 3.60. The smallest absolute Gasteiger partial charge is 0.356 e. The van der Waals surface area contributed by atoms with Crippen LogP contribution in [0, 0.1) is 13.8 Å². The van der Waals surface area contributed by atoms with Crippen molar-refractivity contribution < 1.29 is 9.90 Å². The van der Waals surface area contributed by atoms with Crippen LogP contribution in [0.4, 0.5) is 0 Å². The van der Waals surface area contributed by atoms with Crippen molar-refractivity contribution in [2.45, 2.75) is 13.8 Å². The van der Waals surface area contributed by atoms with E-state index in [2.05, 4.69) is 21.0 Å². The minimum Gasteiger partial charge on any atom is -0.476 e. The lowest BCUT2D eigenvalue weighted by Crippen LogP contribution is -2.02. The van der Waals surface area contributed by atoms with Crippen molar-refractivity contribution in [1.29, 1.82) is 0 Å². The number of rotatable bonds is 2. The van der Waals surface area contributed by atoms with Crippen molar-refractivity contribution in [3.63, 3.8) is 0 Å². The highest BCUT2D eigenvalue weighted by molar-refractivity contribution is 9.10. The highest BCUT2D eigenvalue weighted by Gasteiger charge is 2.15. The van der Waals surface area contributed by atoms with Crippen LogP contribution in [-0.2, 0) is 0 Å². The van der Waals surface area contributed by atoms with Crippen LogP contribution in [0.2, 0.25) is 5.02 Å². The molecule has 0 atom stereocenters. The van der Waals surface area contributed by atoms with E-state index in [-0.39, 0.29) is 5.69 Å². The predicted octanol–water partition coefficient (Wildman–Crippen LogP) is 3.60. The third kappa shape index (κ3) is 2.28. The van der Waals surface area contributed by atoms with Gasteiger partial charge < -0.3 is 5.11 Å². The minimum atomic E-state index is -1.04. The van der Waals surface area contributed by atoms with Gasteiger partial charge in [0, 0.05) is 21.3 Å². The van der Waals surface area contributed by atoms with Crippen molar-refractivity contribution in [1.82, 2.24) is 9.78 Å². The molecular weight excluding hydrogens is 320 g/mol. The van der Waals surface area contributed by atoms with Crippen LogP contribution in [0.25, 0.3) is 5.69 Å². The van der Waals surface area contributed by atoms with Gasteiger partial charge in [-0.25, -0.2) is 9.48 Å². The van der Waals surface area contributed by atoms with Crippen LogP contribution < -0.4 is 0 Å². The van der Waals surface area contributed by atoms with E-state index in [4.69, 9.17) is 16.7 Å². The summed E-state index contributed by atoms with van der Waals surface area (Å²) in [6, 6.07) is 3.62. The number of carboxylic acid groups (broad SMARTS) is 1. The molecule has 1 aromatic carbocycles. The molecule has 0 spiro atoms. The Balaban J connectivity index is 2.59. The van der Waals surface area contributed by atoms with E-state index in [1.54, 1.807) is 19.2 Å². The highest BCUT2D eigenvalue weighted by atomic mass is 79.9. The van der Waals surface area contributed by atoms with Crippen LogP contribution in [0.15, 0.2) is 22.8 Å². The normalized spacial score (nSPS) is 10.7. The van der Waals surface area contributed by atoms with Gasteiger partial charge in [0.15, 0.2) is 5.69 Å². The average Bonchev–Trinajstić information content (AvgIpc) is 2.65. The van der Waals surface area contributed by atoms with Crippen LogP contribution in [0.5, 0.6) is 0 Å². The molecule has 1 N–H and O–H groups in total. The Hall–Kier alpha value is -1.33. The molecule has 4 nitrogen and oxygen atoms in total. The summed E-state index contributed by atoms with van der Waals surface area (Å²) in [5, 5.41) is 13.6. The Morgan fingerprint density at radius 1 is 1.39 bits per heavy atom. The monoisotopic (exact) mass is 328 g/mol. The zero-order valence-electron chi connectivity index (χ0n) is 9.74. The van der Waals surface area contributed by atoms with E-state index in [9.17, 15) is 4.79 Å². The molecule has 0 saturated carbocycles. The number of carbonyl (C=O) groups is 1. The Labute approximate surface area is 117 Å². The number of hydrogen-bond donors (Lipinski definition) is 1. The Bertz CT molecular complexity index is 637. The maximum atomic E-state index is 11.0. The number of nitrogens with zero attached hydrogens (tertiary/aromatic N) is 2. The van der Waals surface area contributed by atoms with Gasteiger partial charge in [0.1, 0.15) is 0 Å². The minimum absolute atomic E-state index is 0.0404. The van der Waals surface area contributed by atoms with Gasteiger partial charge in [-0.2, -0.15) is 5.10 Å². The molecule has 2 rings (SSSR count). The number of carboxylic acids is 1. The third-order valence-electron chi connectivity index (χ3n) is 2.57. The molecule has 94 valence electrons. The first-order valence-electron chi connectivity index (χ1n) is 5.15. The Kier molecular flexibility index (Phi) is 3.45. The lowest BCUT2D eigenvalue weighted by Gasteiger charge is -2.07. The molecule has 1 aromatic heterocycles. The summed E-state index contributed by atoms with van der Waals surface area (Å²) >= 11 is 9.49. The number of aromatic carboxylic acids is 1. The van der Waals surface area contributed by atoms with Crippen molar-refractivity contribution in [2.75, 3.05) is 0 Å². The highest BCUT2D eigenvalue weighted by Crippen LogP contribution is 2.28. The lowest BCUT2D eigenvalue weighted by atomic mass is 10.2. The Morgan fingerprint density at radius 2 is 2.06 bits per heavy atom. The van der Waals surface area contributed by atoms with Crippen molar-refractivity contribution in [2.24, 2.45) is 0 Å². The SMILES string of the molecule is Cc1cc(Br)c(-n2cc(C)c(C(=O)O)n2)cc1Cl. The van der Waals surface area contributed by atoms with Gasteiger partial charge in [-0.1, -0.05) is 11.6 Å². The van der Waals surface area contributed by atoms with Crippen LogP contribution in [0.1, 0.15) is 21.6 Å². The van der Waals surface area contributed by atoms with Gasteiger partial charge in [0.2, 0.25) is 0 Å². The number of halogens is 2. The summed E-state index contributed by atoms with van der Waals surface area (Å²) in [7, 11) is 0. The number of hydrogen-bond acceptors (Lipinski definition) is 2. The second kappa shape index (κ2) is 4.74. The number of aromatic nitrogens is 2. The van der Waals surface area contributed by atoms with E-state index >= 15 is 0 Å². The second-order valence-corrected chi connectivity index (χ2v) is 5.22. The molecule has 6 heteroatoms. The fraction of sp³-hybridized carbons (Fsp3) is 0.167. The van der Waals surface area contributed by atoms with Gasteiger partial charge in [-0.15, -0.1) is 0 Å². The van der Waals surface area contributed by atoms with Gasteiger partial charge >= 0.3 is 5.97 Å². The molecule has 0 unspecified atom stereocenters. The summed E-state index contributed by atoms with van der Waals surface area (Å²) in [5.41, 5.74) is 2.29. The fourth-order valence-electron chi connectivity index (χ4n) is 1.61. The molecule has 0 saturated heterocycles. The molecule has 0 radical (unpaired) electrons. The molecule has 1 heterocycles. The van der Waals surface area contributed by atoms with Gasteiger partial charge in [-0.3, -0.25) is 0 Å². The lowest BCUT2D eigenvalue weighted by molar-refractivity contribution is 0.0689. The largest absolute Gasteiger partial charge is 0.476 e. The maximum Gasteiger partial charge on any atom is 0.356 e. The molecule has 2 aromatic rings. The molecular formula is C12H10BrClN2O2. The van der Waals surface area contributed by atoms with Crippen LogP contribution in [-0.4, -0.2) is 20.9 Å². The van der Waals surface area contributed by atoms with Gasteiger partial charge in [0.05, 0.1) is 5.69 Å². The second-order valence-electron chi connectivity index (χ2n) is 3.96. The zero-order chi connectivity index (χ0) is 13.4. The Morgan fingerprint density at radius 3 is 2.61 bits per heavy atom. The first kappa shape index (κ1) is 13.1. The van der Waals surface area contributed by atoms with Crippen molar-refractivity contribution in [3.8, 4) is 5.69 Å². The van der Waals surface area contributed by atoms with Gasteiger partial charge in [0.25, 0.3) is 0 Å². The third-order valence-corrected chi connectivity index (χ3v) is 3.62. The van der Waals surface area contributed by atoms with E-state index in [1.807, 2.05) is 13.0 Å². The fourth-order valence-corrected chi connectivity index (χ4v) is 2.40. The van der Waals surface area contributed by atoms with Crippen LogP contribution >= 0.6 is 27.5 Å². The zero-order valence-corrected chi connectivity index (χ0v) is 12.1. The van der Waals surface area contributed by atoms with Gasteiger partial charge in [-0.05, 0) is 47.5 Å². The molecule has 0 aliphatic carbocycles. The van der Waals surface area contributed by atoms with E-state index < -0.39 is 5.97 Å². The molecule has 0 aliphatic heterocycles. The molecule has 18 heavy (non-hydrogen) atoms. The van der Waals surface area contributed by atoms with Crippen LogP contribution in [0.3, 0.4) is 0 Å². The summed E-state index contributed by atoms with van der Waals surface area (Å²) in [6.07, 6.45) is 1.66. The number of benzene rings is 1. The average molecular weight is 330 g/mol. The van der Waals surface area contributed by atoms with E-state index in [0.717, 1.165) is 10.0 Å².